The molecule has 1 aromatic heterocycles. The molecule has 8 heteroatoms. The third-order valence-electron chi connectivity index (χ3n) is 3.68. The van der Waals surface area contributed by atoms with E-state index in [4.69, 9.17) is 4.74 Å². The second-order valence-corrected chi connectivity index (χ2v) is 6.70. The first kappa shape index (κ1) is 17.5. The molecule has 0 unspecified atom stereocenters. The predicted molar refractivity (Wildman–Crippen MR) is 91.8 cm³/mol. The molecule has 0 radical (unpaired) electrons. The maximum absolute atomic E-state index is 11.7. The van der Waals surface area contributed by atoms with E-state index in [0.29, 0.717) is 32.3 Å². The van der Waals surface area contributed by atoms with Gasteiger partial charge >= 0.3 is 6.09 Å². The number of carbonyl (C=O) groups excluding carboxylic acids is 1. The Morgan fingerprint density at radius 1 is 1.52 bits per heavy atom. The zero-order valence-electron chi connectivity index (χ0n) is 14.0. The number of rotatable bonds is 4. The fourth-order valence-corrected chi connectivity index (χ4v) is 3.20. The molecule has 128 valence electrons. The number of amides is 1. The highest BCUT2D eigenvalue weighted by molar-refractivity contribution is 7.11. The summed E-state index contributed by atoms with van der Waals surface area (Å²) in [4.78, 5) is 23.1. The van der Waals surface area contributed by atoms with Crippen LogP contribution in [0.1, 0.15) is 29.7 Å². The number of nitrogens with one attached hydrogen (secondary N) is 2. The normalized spacial score (nSPS) is 16.3. The fourth-order valence-electron chi connectivity index (χ4n) is 2.47. The highest BCUT2D eigenvalue weighted by Gasteiger charge is 2.23. The van der Waals surface area contributed by atoms with Gasteiger partial charge in [0.05, 0.1) is 18.2 Å². The van der Waals surface area contributed by atoms with Crippen LogP contribution in [-0.2, 0) is 11.3 Å². The van der Waals surface area contributed by atoms with Gasteiger partial charge < -0.3 is 20.3 Å². The Morgan fingerprint density at radius 3 is 2.83 bits per heavy atom. The maximum atomic E-state index is 11.7. The lowest BCUT2D eigenvalue weighted by molar-refractivity contribution is 0.0963. The summed E-state index contributed by atoms with van der Waals surface area (Å²) in [6.07, 6.45) is 3.45. The Morgan fingerprint density at radius 2 is 2.26 bits per heavy atom. The molecular weight excluding hydrogens is 314 g/mol. The van der Waals surface area contributed by atoms with Crippen molar-refractivity contribution in [3.8, 4) is 0 Å². The van der Waals surface area contributed by atoms with Crippen molar-refractivity contribution >= 4 is 23.4 Å². The average Bonchev–Trinajstić information content (AvgIpc) is 2.97. The number of guanidine groups is 1. The van der Waals surface area contributed by atoms with Gasteiger partial charge in [-0.2, -0.15) is 0 Å². The number of nitrogens with zero attached hydrogens (tertiary/aromatic N) is 3. The molecule has 0 aliphatic carbocycles. The largest absolute Gasteiger partial charge is 0.450 e. The number of aryl methyl sites for hydroxylation is 1. The summed E-state index contributed by atoms with van der Waals surface area (Å²) in [5.74, 6) is 0.783. The molecule has 0 aromatic carbocycles. The van der Waals surface area contributed by atoms with Crippen LogP contribution in [0.2, 0.25) is 0 Å². The molecule has 1 aliphatic rings. The summed E-state index contributed by atoms with van der Waals surface area (Å²) in [5, 5.41) is 7.79. The first-order valence-corrected chi connectivity index (χ1v) is 8.74. The number of likely N-dealkylation sites (tertiary alicyclic amines) is 1. The van der Waals surface area contributed by atoms with Gasteiger partial charge in [0.2, 0.25) is 0 Å². The van der Waals surface area contributed by atoms with E-state index in [2.05, 4.69) is 20.6 Å². The second kappa shape index (κ2) is 8.71. The number of hydrogen-bond donors (Lipinski definition) is 2. The minimum absolute atomic E-state index is 0.214. The van der Waals surface area contributed by atoms with Gasteiger partial charge in [0.25, 0.3) is 0 Å². The van der Waals surface area contributed by atoms with Crippen molar-refractivity contribution in [2.75, 3.05) is 26.7 Å². The van der Waals surface area contributed by atoms with Crippen LogP contribution >= 0.6 is 11.3 Å². The summed E-state index contributed by atoms with van der Waals surface area (Å²) in [6.45, 7) is 6.38. The van der Waals surface area contributed by atoms with E-state index in [0.717, 1.165) is 23.8 Å². The van der Waals surface area contributed by atoms with Gasteiger partial charge in [0.15, 0.2) is 5.96 Å². The Hall–Kier alpha value is -1.83. The Balaban J connectivity index is 1.74. The van der Waals surface area contributed by atoms with Crippen molar-refractivity contribution in [2.45, 2.75) is 39.3 Å². The van der Waals surface area contributed by atoms with Crippen molar-refractivity contribution in [3.05, 3.63) is 16.1 Å². The van der Waals surface area contributed by atoms with Gasteiger partial charge in [-0.15, -0.1) is 11.3 Å². The molecule has 1 amide bonds. The summed E-state index contributed by atoms with van der Waals surface area (Å²) >= 11 is 1.68. The SMILES string of the molecule is CCOC(=O)N1CCC(NC(=NC)NCc2cnc(C)s2)CC1. The molecule has 2 rings (SSSR count). The third-order valence-corrected chi connectivity index (χ3v) is 4.60. The molecule has 0 spiro atoms. The van der Waals surface area contributed by atoms with E-state index in [1.807, 2.05) is 20.0 Å². The molecule has 1 aromatic rings. The number of aromatic nitrogens is 1. The monoisotopic (exact) mass is 339 g/mol. The molecule has 1 saturated heterocycles. The van der Waals surface area contributed by atoms with E-state index in [1.165, 1.54) is 4.88 Å². The quantitative estimate of drug-likeness (QED) is 0.645. The van der Waals surface area contributed by atoms with Crippen LogP contribution in [0.4, 0.5) is 4.79 Å². The molecule has 1 fully saturated rings. The minimum atomic E-state index is -0.214. The number of aliphatic imine (C=N–C) groups is 1. The van der Waals surface area contributed by atoms with Gasteiger partial charge in [0, 0.05) is 37.3 Å². The first-order chi connectivity index (χ1) is 11.1. The third kappa shape index (κ3) is 5.38. The Bertz CT molecular complexity index is 538. The molecular formula is C15H25N5O2S. The molecule has 7 nitrogen and oxygen atoms in total. The smallest absolute Gasteiger partial charge is 0.409 e. The van der Waals surface area contributed by atoms with Crippen LogP contribution in [0.5, 0.6) is 0 Å². The summed E-state index contributed by atoms with van der Waals surface area (Å²) < 4.78 is 5.03. The lowest BCUT2D eigenvalue weighted by Gasteiger charge is -2.32. The van der Waals surface area contributed by atoms with Gasteiger partial charge in [-0.05, 0) is 26.7 Å². The molecule has 2 heterocycles. The number of piperidine rings is 1. The van der Waals surface area contributed by atoms with Crippen LogP contribution in [0.25, 0.3) is 0 Å². The van der Waals surface area contributed by atoms with Crippen molar-refractivity contribution in [2.24, 2.45) is 4.99 Å². The predicted octanol–water partition coefficient (Wildman–Crippen LogP) is 1.74. The molecule has 0 bridgehead atoms. The number of ether oxygens (including phenoxy) is 1. The maximum Gasteiger partial charge on any atom is 0.409 e. The highest BCUT2D eigenvalue weighted by atomic mass is 32.1. The Labute approximate surface area is 141 Å². The van der Waals surface area contributed by atoms with Crippen LogP contribution in [0.3, 0.4) is 0 Å². The fraction of sp³-hybridized carbons (Fsp3) is 0.667. The van der Waals surface area contributed by atoms with Crippen LogP contribution < -0.4 is 10.6 Å². The molecule has 1 aliphatic heterocycles. The summed E-state index contributed by atoms with van der Waals surface area (Å²) in [5.41, 5.74) is 0. The van der Waals surface area contributed by atoms with E-state index in [9.17, 15) is 4.79 Å². The van der Waals surface area contributed by atoms with Crippen molar-refractivity contribution in [1.29, 1.82) is 0 Å². The summed E-state index contributed by atoms with van der Waals surface area (Å²) in [6, 6.07) is 0.315. The lowest BCUT2D eigenvalue weighted by atomic mass is 10.1. The van der Waals surface area contributed by atoms with Gasteiger partial charge in [-0.3, -0.25) is 4.99 Å². The van der Waals surface area contributed by atoms with Crippen molar-refractivity contribution in [3.63, 3.8) is 0 Å². The van der Waals surface area contributed by atoms with Gasteiger partial charge in [-0.1, -0.05) is 0 Å². The second-order valence-electron chi connectivity index (χ2n) is 5.38. The lowest BCUT2D eigenvalue weighted by Crippen LogP contribution is -2.49. The van der Waals surface area contributed by atoms with Crippen LogP contribution in [-0.4, -0.2) is 54.7 Å². The topological polar surface area (TPSA) is 78.8 Å². The molecule has 0 saturated carbocycles. The first-order valence-electron chi connectivity index (χ1n) is 7.92. The molecule has 0 atom stereocenters. The van der Waals surface area contributed by atoms with Crippen LogP contribution in [0, 0.1) is 6.92 Å². The van der Waals surface area contributed by atoms with Gasteiger partial charge in [-0.25, -0.2) is 9.78 Å². The van der Waals surface area contributed by atoms with E-state index < -0.39 is 0 Å². The van der Waals surface area contributed by atoms with Crippen molar-refractivity contribution in [1.82, 2.24) is 20.5 Å². The number of carbonyl (C=O) groups is 1. The zero-order chi connectivity index (χ0) is 16.7. The zero-order valence-corrected chi connectivity index (χ0v) is 14.8. The average molecular weight is 339 g/mol. The summed E-state index contributed by atoms with van der Waals surface area (Å²) in [7, 11) is 1.76. The Kier molecular flexibility index (Phi) is 6.64. The highest BCUT2D eigenvalue weighted by Crippen LogP contribution is 2.12. The molecule has 2 N–H and O–H groups in total. The van der Waals surface area contributed by atoms with E-state index >= 15 is 0 Å². The number of thiazole rings is 1. The minimum Gasteiger partial charge on any atom is -0.450 e. The van der Waals surface area contributed by atoms with Gasteiger partial charge in [0.1, 0.15) is 0 Å². The standard InChI is InChI=1S/C15H25N5O2S/c1-4-22-15(21)20-7-5-12(6-8-20)19-14(16-3)18-10-13-9-17-11(2)23-13/h9,12H,4-8,10H2,1-3H3,(H2,16,18,19). The van der Waals surface area contributed by atoms with E-state index in [-0.39, 0.29) is 6.09 Å². The van der Waals surface area contributed by atoms with Crippen LogP contribution in [0.15, 0.2) is 11.2 Å². The molecule has 23 heavy (non-hydrogen) atoms. The van der Waals surface area contributed by atoms with E-state index in [1.54, 1.807) is 23.3 Å². The number of hydrogen-bond acceptors (Lipinski definition) is 5. The van der Waals surface area contributed by atoms with Crippen molar-refractivity contribution < 1.29 is 9.53 Å².